The normalized spacial score (nSPS) is 26.9. The van der Waals surface area contributed by atoms with Gasteiger partial charge in [0.1, 0.15) is 0 Å². The fraction of sp³-hybridized carbons (Fsp3) is 1.00. The number of rotatable bonds is 0. The Balaban J connectivity index is 0. The summed E-state index contributed by atoms with van der Waals surface area (Å²) in [6, 6.07) is 0. The van der Waals surface area contributed by atoms with Gasteiger partial charge in [0.05, 0.1) is 0 Å². The summed E-state index contributed by atoms with van der Waals surface area (Å²) >= 11 is 0. The molecule has 0 aliphatic heterocycles. The minimum absolute atomic E-state index is 1.18. The minimum Gasteiger partial charge on any atom is -0.264 e. The Bertz CT molecular complexity index is 708. The number of hydrogen-bond acceptors (Lipinski definition) is 8. The highest BCUT2D eigenvalue weighted by Gasteiger charge is 2.41. The first kappa shape index (κ1) is 31.7. The van der Waals surface area contributed by atoms with Gasteiger partial charge in [0.15, 0.2) is 0 Å². The van der Waals surface area contributed by atoms with Crippen molar-refractivity contribution >= 4 is 41.6 Å². The van der Waals surface area contributed by atoms with Crippen LogP contribution in [-0.2, 0) is 41.6 Å². The molecule has 0 spiro atoms. The molecule has 4 bridgehead atoms. The molecule has 4 fully saturated rings. The fourth-order valence-corrected chi connectivity index (χ4v) is 3.98. The number of hydrogen-bond donors (Lipinski definition) is 8. The maximum absolute atomic E-state index is 8.74. The molecule has 4 saturated carbocycles. The second-order valence-electron chi connectivity index (χ2n) is 6.67. The fourth-order valence-electron chi connectivity index (χ4n) is 3.98. The van der Waals surface area contributed by atoms with E-state index in [4.69, 9.17) is 70.1 Å². The van der Waals surface area contributed by atoms with Gasteiger partial charge >= 0.3 is 41.6 Å². The van der Waals surface area contributed by atoms with Gasteiger partial charge in [0.2, 0.25) is 0 Å². The van der Waals surface area contributed by atoms with E-state index < -0.39 is 41.6 Å². The summed E-state index contributed by atoms with van der Waals surface area (Å²) < 4.78 is 126. The monoisotopic (exact) mass is 528 g/mol. The van der Waals surface area contributed by atoms with Crippen LogP contribution in [-0.4, -0.2) is 70.1 Å². The van der Waals surface area contributed by atoms with E-state index in [-0.39, 0.29) is 0 Å². The minimum atomic E-state index is -4.67. The zero-order valence-corrected chi connectivity index (χ0v) is 18.3. The van der Waals surface area contributed by atoms with E-state index in [0.29, 0.717) is 0 Å². The summed E-state index contributed by atoms with van der Waals surface area (Å²) in [4.78, 5) is 0. The summed E-state index contributed by atoms with van der Waals surface area (Å²) in [7, 11) is -18.7. The van der Waals surface area contributed by atoms with Gasteiger partial charge in [0, 0.05) is 0 Å². The van der Waals surface area contributed by atoms with Gasteiger partial charge in [-0.25, -0.2) is 0 Å². The molecule has 4 aliphatic rings. The van der Waals surface area contributed by atoms with E-state index in [0.717, 1.165) is 0 Å². The highest BCUT2D eigenvalue weighted by Crippen LogP contribution is 2.53. The lowest BCUT2D eigenvalue weighted by molar-refractivity contribution is 0.0198. The lowest BCUT2D eigenvalue weighted by Crippen LogP contribution is -2.38. The van der Waals surface area contributed by atoms with Crippen LogP contribution in [0.25, 0.3) is 0 Å². The standard InChI is InChI=1S/C10H16.4H2O4S/c1-7-2-9-4-8(1)5-10(3-7)6-9;4*1-5(2,3)4/h7-10H,1-6H2;4*(H2,1,2,3,4). The molecule has 20 heteroatoms. The molecule has 0 aromatic carbocycles. The Morgan fingerprint density at radius 3 is 0.467 bits per heavy atom. The molecular formula is C10H24O16S4. The molecule has 16 nitrogen and oxygen atoms in total. The molecule has 0 aromatic heterocycles. The topological polar surface area (TPSA) is 298 Å². The van der Waals surface area contributed by atoms with E-state index in [1.165, 1.54) is 23.7 Å². The quantitative estimate of drug-likeness (QED) is 0.195. The van der Waals surface area contributed by atoms with Crippen LogP contribution < -0.4 is 0 Å². The summed E-state index contributed by atoms with van der Waals surface area (Å²) in [5, 5.41) is 0. The van der Waals surface area contributed by atoms with Gasteiger partial charge in [-0.15, -0.1) is 0 Å². The SMILES string of the molecule is C1C2CC3CC1CC(C2)C3.O=S(=O)(O)O.O=S(=O)(O)O.O=S(=O)(O)O.O=S(=O)(O)O. The Kier molecular flexibility index (Phi) is 13.2. The first-order valence-electron chi connectivity index (χ1n) is 7.69. The van der Waals surface area contributed by atoms with Crippen LogP contribution in [0.4, 0.5) is 0 Å². The summed E-state index contributed by atoms with van der Waals surface area (Å²) in [5.74, 6) is 4.71. The average molecular weight is 529 g/mol. The van der Waals surface area contributed by atoms with Crippen molar-refractivity contribution in [2.45, 2.75) is 38.5 Å². The Morgan fingerprint density at radius 2 is 0.400 bits per heavy atom. The second-order valence-corrected chi connectivity index (χ2v) is 10.3. The predicted octanol–water partition coefficient (Wildman–Crippen LogP) is 0.221. The van der Waals surface area contributed by atoms with Crippen LogP contribution in [0.15, 0.2) is 0 Å². The molecule has 0 aromatic rings. The van der Waals surface area contributed by atoms with Crippen molar-refractivity contribution in [3.8, 4) is 0 Å². The van der Waals surface area contributed by atoms with Crippen LogP contribution in [0, 0.1) is 23.7 Å². The van der Waals surface area contributed by atoms with Crippen molar-refractivity contribution in [1.29, 1.82) is 0 Å². The molecule has 0 atom stereocenters. The van der Waals surface area contributed by atoms with E-state index in [9.17, 15) is 0 Å². The zero-order valence-electron chi connectivity index (χ0n) is 15.0. The van der Waals surface area contributed by atoms with Crippen LogP contribution in [0.5, 0.6) is 0 Å². The van der Waals surface area contributed by atoms with Crippen molar-refractivity contribution in [1.82, 2.24) is 0 Å². The van der Waals surface area contributed by atoms with Gasteiger partial charge in [-0.05, 0) is 62.2 Å². The van der Waals surface area contributed by atoms with Gasteiger partial charge in [-0.2, -0.15) is 33.7 Å². The predicted molar refractivity (Wildman–Crippen MR) is 98.4 cm³/mol. The molecule has 8 N–H and O–H groups in total. The highest BCUT2D eigenvalue weighted by atomic mass is 32.3. The lowest BCUT2D eigenvalue weighted by atomic mass is 9.56. The summed E-state index contributed by atoms with van der Waals surface area (Å²) in [6.45, 7) is 0. The third-order valence-electron chi connectivity index (χ3n) is 4.00. The van der Waals surface area contributed by atoms with Crippen molar-refractivity contribution < 1.29 is 70.1 Å². The van der Waals surface area contributed by atoms with Crippen molar-refractivity contribution in [3.05, 3.63) is 0 Å². The van der Waals surface area contributed by atoms with Gasteiger partial charge < -0.3 is 0 Å². The molecule has 0 amide bonds. The van der Waals surface area contributed by atoms with Crippen LogP contribution in [0.3, 0.4) is 0 Å². The lowest BCUT2D eigenvalue weighted by Gasteiger charge is -2.49. The molecule has 0 unspecified atom stereocenters. The Morgan fingerprint density at radius 1 is 0.333 bits per heavy atom. The summed E-state index contributed by atoms with van der Waals surface area (Å²) in [5.41, 5.74) is 0. The van der Waals surface area contributed by atoms with Crippen molar-refractivity contribution in [2.24, 2.45) is 23.7 Å². The third-order valence-corrected chi connectivity index (χ3v) is 4.00. The maximum Gasteiger partial charge on any atom is 0.394 e. The molecule has 184 valence electrons. The molecule has 0 radical (unpaired) electrons. The largest absolute Gasteiger partial charge is 0.394 e. The van der Waals surface area contributed by atoms with E-state index in [1.807, 2.05) is 0 Å². The molecule has 0 saturated heterocycles. The average Bonchev–Trinajstić information content (AvgIpc) is 2.27. The van der Waals surface area contributed by atoms with Gasteiger partial charge in [-0.3, -0.25) is 36.4 Å². The first-order valence-corrected chi connectivity index (χ1v) is 13.3. The molecule has 4 rings (SSSR count). The van der Waals surface area contributed by atoms with E-state index >= 15 is 0 Å². The molecule has 0 heterocycles. The Hall–Kier alpha value is -0.520. The second kappa shape index (κ2) is 12.5. The van der Waals surface area contributed by atoms with Crippen LogP contribution in [0.2, 0.25) is 0 Å². The molecule has 4 aliphatic carbocycles. The van der Waals surface area contributed by atoms with Crippen molar-refractivity contribution in [2.75, 3.05) is 0 Å². The van der Waals surface area contributed by atoms with Crippen molar-refractivity contribution in [3.63, 3.8) is 0 Å². The zero-order chi connectivity index (χ0) is 24.6. The van der Waals surface area contributed by atoms with Gasteiger partial charge in [-0.1, -0.05) is 0 Å². The molecule has 30 heavy (non-hydrogen) atoms. The third kappa shape index (κ3) is 35.0. The first-order chi connectivity index (χ1) is 12.9. The van der Waals surface area contributed by atoms with E-state index in [2.05, 4.69) is 0 Å². The smallest absolute Gasteiger partial charge is 0.264 e. The highest BCUT2D eigenvalue weighted by molar-refractivity contribution is 7.80. The Labute approximate surface area is 174 Å². The summed E-state index contributed by atoms with van der Waals surface area (Å²) in [6.07, 6.45) is 9.62. The van der Waals surface area contributed by atoms with Crippen LogP contribution in [0.1, 0.15) is 38.5 Å². The van der Waals surface area contributed by atoms with Gasteiger partial charge in [0.25, 0.3) is 0 Å². The maximum atomic E-state index is 8.74. The van der Waals surface area contributed by atoms with Crippen LogP contribution >= 0.6 is 0 Å². The van der Waals surface area contributed by atoms with E-state index in [1.54, 1.807) is 38.5 Å². The molecular weight excluding hydrogens is 504 g/mol.